The Morgan fingerprint density at radius 2 is 1.65 bits per heavy atom. The number of ether oxygens (including phenoxy) is 1. The van der Waals surface area contributed by atoms with Gasteiger partial charge in [0.1, 0.15) is 5.75 Å². The van der Waals surface area contributed by atoms with Crippen LogP contribution in [0.5, 0.6) is 5.75 Å². The summed E-state index contributed by atoms with van der Waals surface area (Å²) in [4.78, 5) is 26.1. The van der Waals surface area contributed by atoms with Gasteiger partial charge in [-0.15, -0.1) is 0 Å². The Hall–Kier alpha value is -2.71. The van der Waals surface area contributed by atoms with Crippen molar-refractivity contribution >= 4 is 21.7 Å². The van der Waals surface area contributed by atoms with E-state index in [2.05, 4.69) is 0 Å². The van der Waals surface area contributed by atoms with E-state index in [0.717, 1.165) is 24.2 Å². The van der Waals surface area contributed by atoms with E-state index in [0.29, 0.717) is 37.6 Å². The highest BCUT2D eigenvalue weighted by molar-refractivity contribution is 7.89. The lowest BCUT2D eigenvalue weighted by Gasteiger charge is -2.34. The molecule has 1 saturated heterocycles. The Labute approximate surface area is 201 Å². The van der Waals surface area contributed by atoms with Gasteiger partial charge in [-0.25, -0.2) is 8.42 Å². The number of benzene rings is 2. The molecular weight excluding hydrogens is 452 g/mol. The molecule has 34 heavy (non-hydrogen) atoms. The van der Waals surface area contributed by atoms with Gasteiger partial charge < -0.3 is 9.64 Å². The highest BCUT2D eigenvalue weighted by Gasteiger charge is 2.30. The second-order valence-electron chi connectivity index (χ2n) is 9.04. The molecule has 0 bridgehead atoms. The number of rotatable bonds is 8. The largest absolute Gasteiger partial charge is 0.490 e. The zero-order valence-corrected chi connectivity index (χ0v) is 20.4. The molecule has 7 nitrogen and oxygen atoms in total. The van der Waals surface area contributed by atoms with Crippen molar-refractivity contribution in [2.75, 3.05) is 26.2 Å². The normalized spacial score (nSPS) is 17.6. The van der Waals surface area contributed by atoms with Gasteiger partial charge in [0.25, 0.3) is 0 Å². The van der Waals surface area contributed by atoms with Gasteiger partial charge in [-0.2, -0.15) is 4.31 Å². The van der Waals surface area contributed by atoms with Crippen LogP contribution in [0.2, 0.25) is 0 Å². The SMILES string of the molecule is CC(=O)c1ccc(S(=O)(=O)N2CCN(C(=O)CCc3cccc(OC4CCCC4)c3)CC2)cc1. The summed E-state index contributed by atoms with van der Waals surface area (Å²) in [5.74, 6) is 0.793. The smallest absolute Gasteiger partial charge is 0.243 e. The zero-order valence-electron chi connectivity index (χ0n) is 19.6. The summed E-state index contributed by atoms with van der Waals surface area (Å²) in [6.45, 7) is 2.70. The van der Waals surface area contributed by atoms with Gasteiger partial charge in [0, 0.05) is 38.2 Å². The first-order chi connectivity index (χ1) is 16.3. The molecule has 2 aromatic rings. The van der Waals surface area contributed by atoms with E-state index >= 15 is 0 Å². The lowest BCUT2D eigenvalue weighted by molar-refractivity contribution is -0.132. The molecule has 2 aliphatic rings. The summed E-state index contributed by atoms with van der Waals surface area (Å²) < 4.78 is 33.3. The minimum Gasteiger partial charge on any atom is -0.490 e. The number of aryl methyl sites for hydroxylation is 1. The first-order valence-corrected chi connectivity index (χ1v) is 13.4. The molecule has 1 amide bonds. The fourth-order valence-corrected chi connectivity index (χ4v) is 5.99. The monoisotopic (exact) mass is 484 g/mol. The maximum atomic E-state index is 12.9. The van der Waals surface area contributed by atoms with E-state index in [1.165, 1.54) is 48.3 Å². The van der Waals surface area contributed by atoms with Gasteiger partial charge in [0.05, 0.1) is 11.0 Å². The lowest BCUT2D eigenvalue weighted by Crippen LogP contribution is -2.50. The van der Waals surface area contributed by atoms with E-state index < -0.39 is 10.0 Å². The lowest BCUT2D eigenvalue weighted by atomic mass is 10.1. The number of hydrogen-bond donors (Lipinski definition) is 0. The molecule has 0 aromatic heterocycles. The predicted molar refractivity (Wildman–Crippen MR) is 129 cm³/mol. The number of nitrogens with zero attached hydrogens (tertiary/aromatic N) is 2. The van der Waals surface area contributed by atoms with Crippen LogP contribution >= 0.6 is 0 Å². The Kier molecular flexibility index (Phi) is 7.68. The summed E-state index contributed by atoms with van der Waals surface area (Å²) in [5, 5.41) is 0. The van der Waals surface area contributed by atoms with Crippen molar-refractivity contribution in [3.8, 4) is 5.75 Å². The number of Topliss-reactive ketones (excluding diaryl/α,β-unsaturated/α-hetero) is 1. The molecule has 1 aliphatic heterocycles. The number of carbonyl (C=O) groups excluding carboxylic acids is 2. The predicted octanol–water partition coefficient (Wildman–Crippen LogP) is 3.68. The Bertz CT molecular complexity index is 1120. The molecule has 1 heterocycles. The van der Waals surface area contributed by atoms with Crippen molar-refractivity contribution in [3.05, 3.63) is 59.7 Å². The standard InChI is InChI=1S/C26H32N2O5S/c1-20(29)22-10-12-25(13-11-22)34(31,32)28-17-15-27(16-18-28)26(30)14-9-21-5-4-8-24(19-21)33-23-6-2-3-7-23/h4-5,8,10-13,19,23H,2-3,6-7,9,14-18H2,1H3. The zero-order chi connectivity index (χ0) is 24.1. The first kappa shape index (κ1) is 24.4. The maximum absolute atomic E-state index is 12.9. The molecule has 0 radical (unpaired) electrons. The average Bonchev–Trinajstić information content (AvgIpc) is 3.36. The van der Waals surface area contributed by atoms with Crippen LogP contribution in [0.3, 0.4) is 0 Å². The number of hydrogen-bond acceptors (Lipinski definition) is 5. The van der Waals surface area contributed by atoms with Gasteiger partial charge in [-0.1, -0.05) is 24.3 Å². The third kappa shape index (κ3) is 5.85. The van der Waals surface area contributed by atoms with Crippen molar-refractivity contribution in [1.29, 1.82) is 0 Å². The summed E-state index contributed by atoms with van der Waals surface area (Å²) >= 11 is 0. The minimum absolute atomic E-state index is 0.0324. The quantitative estimate of drug-likeness (QED) is 0.534. The number of amides is 1. The van der Waals surface area contributed by atoms with Gasteiger partial charge in [0.2, 0.25) is 15.9 Å². The Morgan fingerprint density at radius 3 is 2.29 bits per heavy atom. The van der Waals surface area contributed by atoms with Gasteiger partial charge >= 0.3 is 0 Å². The van der Waals surface area contributed by atoms with Gasteiger partial charge in [-0.3, -0.25) is 9.59 Å². The number of carbonyl (C=O) groups is 2. The Morgan fingerprint density at radius 1 is 0.971 bits per heavy atom. The maximum Gasteiger partial charge on any atom is 0.243 e. The average molecular weight is 485 g/mol. The summed E-state index contributed by atoms with van der Waals surface area (Å²) in [6, 6.07) is 14.0. The fraction of sp³-hybridized carbons (Fsp3) is 0.462. The minimum atomic E-state index is -3.65. The molecule has 0 atom stereocenters. The van der Waals surface area contributed by atoms with Crippen molar-refractivity contribution in [2.45, 2.75) is 56.4 Å². The van der Waals surface area contributed by atoms with E-state index in [-0.39, 0.29) is 29.7 Å². The van der Waals surface area contributed by atoms with Crippen molar-refractivity contribution in [2.24, 2.45) is 0 Å². The van der Waals surface area contributed by atoms with E-state index in [1.807, 2.05) is 24.3 Å². The highest BCUT2D eigenvalue weighted by Crippen LogP contribution is 2.25. The molecule has 1 aliphatic carbocycles. The van der Waals surface area contributed by atoms with Crippen LogP contribution in [0.1, 0.15) is 54.9 Å². The molecule has 2 aromatic carbocycles. The Balaban J connectivity index is 1.27. The van der Waals surface area contributed by atoms with Crippen LogP contribution in [-0.2, 0) is 21.2 Å². The summed E-state index contributed by atoms with van der Waals surface area (Å²) in [6.07, 6.45) is 5.96. The van der Waals surface area contributed by atoms with Crippen molar-refractivity contribution < 1.29 is 22.7 Å². The van der Waals surface area contributed by atoms with Crippen molar-refractivity contribution in [3.63, 3.8) is 0 Å². The highest BCUT2D eigenvalue weighted by atomic mass is 32.2. The summed E-state index contributed by atoms with van der Waals surface area (Å²) in [5.41, 5.74) is 1.55. The third-order valence-electron chi connectivity index (χ3n) is 6.62. The summed E-state index contributed by atoms with van der Waals surface area (Å²) in [7, 11) is -3.65. The van der Waals surface area contributed by atoms with Crippen LogP contribution in [0.15, 0.2) is 53.4 Å². The van der Waals surface area contributed by atoms with Crippen LogP contribution in [0, 0.1) is 0 Å². The molecule has 8 heteroatoms. The molecule has 4 rings (SSSR count). The van der Waals surface area contributed by atoms with Gasteiger partial charge in [0.15, 0.2) is 5.78 Å². The molecular formula is C26H32N2O5S. The second kappa shape index (κ2) is 10.7. The molecule has 1 saturated carbocycles. The fourth-order valence-electron chi connectivity index (χ4n) is 4.57. The molecule has 182 valence electrons. The van der Waals surface area contributed by atoms with Crippen LogP contribution in [-0.4, -0.2) is 61.6 Å². The van der Waals surface area contributed by atoms with Crippen LogP contribution < -0.4 is 4.74 Å². The van der Waals surface area contributed by atoms with E-state index in [9.17, 15) is 18.0 Å². The third-order valence-corrected chi connectivity index (χ3v) is 8.53. The number of piperazine rings is 1. The van der Waals surface area contributed by atoms with Crippen LogP contribution in [0.4, 0.5) is 0 Å². The number of ketones is 1. The molecule has 0 spiro atoms. The van der Waals surface area contributed by atoms with Gasteiger partial charge in [-0.05, 0) is 68.9 Å². The molecule has 0 N–H and O–H groups in total. The molecule has 2 fully saturated rings. The van der Waals surface area contributed by atoms with Crippen LogP contribution in [0.25, 0.3) is 0 Å². The van der Waals surface area contributed by atoms with E-state index in [4.69, 9.17) is 4.74 Å². The molecule has 0 unspecified atom stereocenters. The first-order valence-electron chi connectivity index (χ1n) is 12.0. The topological polar surface area (TPSA) is 84.0 Å². The second-order valence-corrected chi connectivity index (χ2v) is 11.0. The van der Waals surface area contributed by atoms with Crippen molar-refractivity contribution in [1.82, 2.24) is 9.21 Å². The van der Waals surface area contributed by atoms with E-state index in [1.54, 1.807) is 4.90 Å². The number of sulfonamides is 1.